The maximum absolute atomic E-state index is 12.2. The molecular formula is C18H17N5O2. The van der Waals surface area contributed by atoms with Crippen LogP contribution in [0.4, 0.5) is 5.69 Å². The molecule has 0 saturated heterocycles. The number of carbonyl (C=O) groups excluding carboxylic acids is 1. The Morgan fingerprint density at radius 3 is 2.92 bits per heavy atom. The molecule has 0 atom stereocenters. The number of hydrogen-bond acceptors (Lipinski definition) is 5. The summed E-state index contributed by atoms with van der Waals surface area (Å²) < 4.78 is 6.94. The summed E-state index contributed by atoms with van der Waals surface area (Å²) in [6, 6.07) is 9.46. The van der Waals surface area contributed by atoms with Crippen LogP contribution < -0.4 is 5.32 Å². The lowest BCUT2D eigenvalue weighted by Gasteiger charge is -2.09. The molecule has 1 N–H and O–H groups in total. The fourth-order valence-electron chi connectivity index (χ4n) is 2.49. The Morgan fingerprint density at radius 2 is 2.20 bits per heavy atom. The third kappa shape index (κ3) is 3.43. The molecule has 0 unspecified atom stereocenters. The number of amides is 1. The van der Waals surface area contributed by atoms with Gasteiger partial charge in [0.05, 0.1) is 12.0 Å². The third-order valence-electron chi connectivity index (χ3n) is 4.02. The van der Waals surface area contributed by atoms with E-state index in [0.717, 1.165) is 16.8 Å². The number of hydrogen-bond donors (Lipinski definition) is 1. The normalized spacial score (nSPS) is 10.5. The van der Waals surface area contributed by atoms with Gasteiger partial charge < -0.3 is 14.4 Å². The first kappa shape index (κ1) is 16.5. The fourth-order valence-corrected chi connectivity index (χ4v) is 2.49. The molecule has 7 heteroatoms. The van der Waals surface area contributed by atoms with Gasteiger partial charge in [-0.15, -0.1) is 0 Å². The molecule has 0 bridgehead atoms. The lowest BCUT2D eigenvalue weighted by molar-refractivity contribution is -0.115. The standard InChI is InChI=1S/C18H17N5O2/c1-11-5-4-6-14(12(11)2)20-17(24)8-16-21-18(25-22-16)15-7-13(9-19)10-23(15)3/h4-7,10H,8H2,1-3H3,(H,20,24). The highest BCUT2D eigenvalue weighted by Gasteiger charge is 2.16. The second-order valence-corrected chi connectivity index (χ2v) is 5.82. The van der Waals surface area contributed by atoms with Crippen molar-refractivity contribution in [3.05, 3.63) is 53.0 Å². The number of rotatable bonds is 4. The minimum atomic E-state index is -0.217. The van der Waals surface area contributed by atoms with Crippen LogP contribution in [0.3, 0.4) is 0 Å². The van der Waals surface area contributed by atoms with Crippen molar-refractivity contribution in [1.82, 2.24) is 14.7 Å². The van der Waals surface area contributed by atoms with Crippen LogP contribution in [0, 0.1) is 25.2 Å². The van der Waals surface area contributed by atoms with Crippen molar-refractivity contribution in [3.8, 4) is 17.7 Å². The van der Waals surface area contributed by atoms with Gasteiger partial charge in [-0.1, -0.05) is 17.3 Å². The molecule has 7 nitrogen and oxygen atoms in total. The number of aryl methyl sites for hydroxylation is 2. The molecule has 0 aliphatic carbocycles. The largest absolute Gasteiger partial charge is 0.345 e. The second kappa shape index (κ2) is 6.61. The average molecular weight is 335 g/mol. The minimum absolute atomic E-state index is 0.00636. The zero-order chi connectivity index (χ0) is 18.0. The van der Waals surface area contributed by atoms with Crippen molar-refractivity contribution >= 4 is 11.6 Å². The average Bonchev–Trinajstić information content (AvgIpc) is 3.18. The van der Waals surface area contributed by atoms with Gasteiger partial charge in [0.15, 0.2) is 5.82 Å². The summed E-state index contributed by atoms with van der Waals surface area (Å²) >= 11 is 0. The SMILES string of the molecule is Cc1cccc(NC(=O)Cc2noc(-c3cc(C#N)cn3C)n2)c1C. The molecule has 3 rings (SSSR count). The van der Waals surface area contributed by atoms with Gasteiger partial charge in [0.2, 0.25) is 5.91 Å². The van der Waals surface area contributed by atoms with Crippen LogP contribution in [0.2, 0.25) is 0 Å². The van der Waals surface area contributed by atoms with Crippen molar-refractivity contribution in [2.24, 2.45) is 7.05 Å². The van der Waals surface area contributed by atoms with Gasteiger partial charge in [-0.25, -0.2) is 0 Å². The van der Waals surface area contributed by atoms with E-state index in [1.54, 1.807) is 23.9 Å². The predicted octanol–water partition coefficient (Wildman–Crippen LogP) is 2.74. The smallest absolute Gasteiger partial charge is 0.274 e. The van der Waals surface area contributed by atoms with Gasteiger partial charge in [-0.3, -0.25) is 4.79 Å². The summed E-state index contributed by atoms with van der Waals surface area (Å²) in [5, 5.41) is 15.7. The van der Waals surface area contributed by atoms with E-state index in [1.165, 1.54) is 0 Å². The Balaban J connectivity index is 1.73. The Bertz CT molecular complexity index is 978. The number of anilines is 1. The number of aromatic nitrogens is 3. The van der Waals surface area contributed by atoms with Crippen molar-refractivity contribution in [1.29, 1.82) is 5.26 Å². The second-order valence-electron chi connectivity index (χ2n) is 5.82. The highest BCUT2D eigenvalue weighted by molar-refractivity contribution is 5.92. The van der Waals surface area contributed by atoms with Crippen LogP contribution >= 0.6 is 0 Å². The predicted molar refractivity (Wildman–Crippen MR) is 91.7 cm³/mol. The number of benzene rings is 1. The molecule has 0 aliphatic rings. The van der Waals surface area contributed by atoms with Gasteiger partial charge in [0.1, 0.15) is 11.8 Å². The summed E-state index contributed by atoms with van der Waals surface area (Å²) in [6.45, 7) is 3.95. The Kier molecular flexibility index (Phi) is 4.35. The Labute approximate surface area is 144 Å². The monoisotopic (exact) mass is 335 g/mol. The number of nitriles is 1. The maximum Gasteiger partial charge on any atom is 0.274 e. The quantitative estimate of drug-likeness (QED) is 0.790. The Morgan fingerprint density at radius 1 is 1.40 bits per heavy atom. The summed E-state index contributed by atoms with van der Waals surface area (Å²) in [5.41, 5.74) is 4.04. The van der Waals surface area contributed by atoms with E-state index in [2.05, 4.69) is 21.5 Å². The van der Waals surface area contributed by atoms with Crippen LogP contribution in [0.15, 0.2) is 35.0 Å². The topological polar surface area (TPSA) is 96.7 Å². The molecule has 2 heterocycles. The van der Waals surface area contributed by atoms with Crippen molar-refractivity contribution < 1.29 is 9.32 Å². The molecule has 0 radical (unpaired) electrons. The first-order valence-electron chi connectivity index (χ1n) is 7.73. The summed E-state index contributed by atoms with van der Waals surface area (Å²) in [7, 11) is 1.78. The van der Waals surface area contributed by atoms with E-state index in [1.807, 2.05) is 32.0 Å². The molecular weight excluding hydrogens is 318 g/mol. The highest BCUT2D eigenvalue weighted by Crippen LogP contribution is 2.20. The molecule has 0 spiro atoms. The maximum atomic E-state index is 12.2. The zero-order valence-corrected chi connectivity index (χ0v) is 14.2. The molecule has 1 aromatic carbocycles. The van der Waals surface area contributed by atoms with E-state index in [0.29, 0.717) is 11.3 Å². The van der Waals surface area contributed by atoms with Gasteiger partial charge >= 0.3 is 0 Å². The summed E-state index contributed by atoms with van der Waals surface area (Å²) in [5.74, 6) is 0.349. The van der Waals surface area contributed by atoms with Crippen LogP contribution in [-0.4, -0.2) is 20.6 Å². The third-order valence-corrected chi connectivity index (χ3v) is 4.02. The number of carbonyl (C=O) groups is 1. The van der Waals surface area contributed by atoms with Gasteiger partial charge in [0.25, 0.3) is 5.89 Å². The molecule has 25 heavy (non-hydrogen) atoms. The van der Waals surface area contributed by atoms with Gasteiger partial charge in [0, 0.05) is 18.9 Å². The van der Waals surface area contributed by atoms with E-state index in [-0.39, 0.29) is 24.0 Å². The lowest BCUT2D eigenvalue weighted by Crippen LogP contribution is -2.16. The first-order valence-corrected chi connectivity index (χ1v) is 7.73. The van der Waals surface area contributed by atoms with E-state index in [9.17, 15) is 4.79 Å². The summed E-state index contributed by atoms with van der Waals surface area (Å²) in [4.78, 5) is 16.5. The minimum Gasteiger partial charge on any atom is -0.345 e. The van der Waals surface area contributed by atoms with Crippen molar-refractivity contribution in [2.45, 2.75) is 20.3 Å². The van der Waals surface area contributed by atoms with E-state index in [4.69, 9.17) is 9.78 Å². The molecule has 1 amide bonds. The lowest BCUT2D eigenvalue weighted by atomic mass is 10.1. The molecule has 2 aromatic heterocycles. The van der Waals surface area contributed by atoms with Gasteiger partial charge in [-0.2, -0.15) is 10.2 Å². The zero-order valence-electron chi connectivity index (χ0n) is 14.2. The van der Waals surface area contributed by atoms with Crippen LogP contribution in [0.25, 0.3) is 11.6 Å². The van der Waals surface area contributed by atoms with Crippen LogP contribution in [-0.2, 0) is 18.3 Å². The molecule has 126 valence electrons. The first-order chi connectivity index (χ1) is 12.0. The summed E-state index contributed by atoms with van der Waals surface area (Å²) in [6.07, 6.45) is 1.68. The Hall–Kier alpha value is -3.40. The highest BCUT2D eigenvalue weighted by atomic mass is 16.5. The van der Waals surface area contributed by atoms with Crippen LogP contribution in [0.5, 0.6) is 0 Å². The number of nitrogens with zero attached hydrogens (tertiary/aromatic N) is 4. The fraction of sp³-hybridized carbons (Fsp3) is 0.222. The van der Waals surface area contributed by atoms with E-state index >= 15 is 0 Å². The molecule has 0 saturated carbocycles. The van der Waals surface area contributed by atoms with Crippen molar-refractivity contribution in [2.75, 3.05) is 5.32 Å². The molecule has 0 fully saturated rings. The van der Waals surface area contributed by atoms with Crippen LogP contribution in [0.1, 0.15) is 22.5 Å². The number of nitrogens with one attached hydrogen (secondary N) is 1. The van der Waals surface area contributed by atoms with Crippen molar-refractivity contribution in [3.63, 3.8) is 0 Å². The van der Waals surface area contributed by atoms with E-state index < -0.39 is 0 Å². The molecule has 3 aromatic rings. The van der Waals surface area contributed by atoms with Gasteiger partial charge in [-0.05, 0) is 37.1 Å². The molecule has 0 aliphatic heterocycles.